The standard InChI is InChI=1S/C19H22N4O3S/c1-21-18-6-5-17(12-15(18)13-19(21)24)27(25,26)23-10-8-22(9-11-23)14-16-4-2-3-7-20-16/h2-7,12H,8-11,13-14H2,1H3. The zero-order valence-corrected chi connectivity index (χ0v) is 16.0. The van der Waals surface area contributed by atoms with Crippen LogP contribution < -0.4 is 4.90 Å². The molecule has 0 N–H and O–H groups in total. The first-order valence-electron chi connectivity index (χ1n) is 8.97. The lowest BCUT2D eigenvalue weighted by molar-refractivity contribution is -0.117. The van der Waals surface area contributed by atoms with Gasteiger partial charge < -0.3 is 4.90 Å². The first kappa shape index (κ1) is 18.1. The predicted octanol–water partition coefficient (Wildman–Crippen LogP) is 1.11. The van der Waals surface area contributed by atoms with Gasteiger partial charge in [-0.15, -0.1) is 0 Å². The molecule has 7 nitrogen and oxygen atoms in total. The van der Waals surface area contributed by atoms with Crippen LogP contribution >= 0.6 is 0 Å². The summed E-state index contributed by atoms with van der Waals surface area (Å²) < 4.78 is 27.6. The number of likely N-dealkylation sites (N-methyl/N-ethyl adjacent to an activating group) is 1. The molecule has 0 spiro atoms. The first-order chi connectivity index (χ1) is 12.9. The number of carbonyl (C=O) groups is 1. The van der Waals surface area contributed by atoms with Crippen molar-refractivity contribution >= 4 is 21.6 Å². The molecule has 0 atom stereocenters. The van der Waals surface area contributed by atoms with Gasteiger partial charge in [-0.2, -0.15) is 4.31 Å². The summed E-state index contributed by atoms with van der Waals surface area (Å²) in [7, 11) is -1.84. The Morgan fingerprint density at radius 2 is 1.85 bits per heavy atom. The van der Waals surface area contributed by atoms with Gasteiger partial charge in [0.25, 0.3) is 0 Å². The summed E-state index contributed by atoms with van der Waals surface area (Å²) in [5.74, 6) is -0.0114. The smallest absolute Gasteiger partial charge is 0.243 e. The monoisotopic (exact) mass is 386 g/mol. The van der Waals surface area contributed by atoms with Crippen LogP contribution in [0.2, 0.25) is 0 Å². The summed E-state index contributed by atoms with van der Waals surface area (Å²) in [5.41, 5.74) is 2.55. The van der Waals surface area contributed by atoms with Crippen molar-refractivity contribution in [2.24, 2.45) is 0 Å². The molecule has 8 heteroatoms. The van der Waals surface area contributed by atoms with Crippen LogP contribution in [-0.4, -0.2) is 61.7 Å². The molecule has 0 aliphatic carbocycles. The summed E-state index contributed by atoms with van der Waals surface area (Å²) in [4.78, 5) is 20.2. The molecule has 2 aromatic rings. The Bertz CT molecular complexity index is 954. The summed E-state index contributed by atoms with van der Waals surface area (Å²) in [6, 6.07) is 10.8. The van der Waals surface area contributed by atoms with E-state index < -0.39 is 10.0 Å². The predicted molar refractivity (Wildman–Crippen MR) is 102 cm³/mol. The fourth-order valence-corrected chi connectivity index (χ4v) is 5.08. The average Bonchev–Trinajstić information content (AvgIpc) is 2.96. The lowest BCUT2D eigenvalue weighted by Crippen LogP contribution is -2.48. The highest BCUT2D eigenvalue weighted by Gasteiger charge is 2.31. The van der Waals surface area contributed by atoms with Crippen LogP contribution in [0.25, 0.3) is 0 Å². The van der Waals surface area contributed by atoms with Crippen LogP contribution in [0, 0.1) is 0 Å². The second-order valence-electron chi connectivity index (χ2n) is 6.92. The topological polar surface area (TPSA) is 73.8 Å². The number of sulfonamides is 1. The second-order valence-corrected chi connectivity index (χ2v) is 8.86. The number of hydrogen-bond acceptors (Lipinski definition) is 5. The van der Waals surface area contributed by atoms with Crippen molar-refractivity contribution in [3.8, 4) is 0 Å². The number of rotatable bonds is 4. The van der Waals surface area contributed by atoms with Gasteiger partial charge in [0.1, 0.15) is 0 Å². The third-order valence-electron chi connectivity index (χ3n) is 5.21. The Morgan fingerprint density at radius 1 is 1.07 bits per heavy atom. The molecule has 2 aliphatic heterocycles. The quantitative estimate of drug-likeness (QED) is 0.787. The van der Waals surface area contributed by atoms with Crippen LogP contribution in [-0.2, 0) is 27.8 Å². The highest BCUT2D eigenvalue weighted by atomic mass is 32.2. The minimum Gasteiger partial charge on any atom is -0.315 e. The van der Waals surface area contributed by atoms with E-state index in [-0.39, 0.29) is 17.2 Å². The average molecular weight is 386 g/mol. The number of piperazine rings is 1. The highest BCUT2D eigenvalue weighted by Crippen LogP contribution is 2.31. The van der Waals surface area contributed by atoms with Crippen molar-refractivity contribution < 1.29 is 13.2 Å². The third kappa shape index (κ3) is 3.47. The van der Waals surface area contributed by atoms with Crippen molar-refractivity contribution in [3.05, 3.63) is 53.9 Å². The van der Waals surface area contributed by atoms with Gasteiger partial charge in [-0.25, -0.2) is 8.42 Å². The van der Waals surface area contributed by atoms with Gasteiger partial charge in [0.15, 0.2) is 0 Å². The molecule has 1 aromatic heterocycles. The molecule has 27 heavy (non-hydrogen) atoms. The van der Waals surface area contributed by atoms with E-state index in [0.29, 0.717) is 26.2 Å². The Balaban J connectivity index is 1.45. The molecular weight excluding hydrogens is 364 g/mol. The molecule has 1 amide bonds. The molecule has 2 aliphatic rings. The molecule has 0 radical (unpaired) electrons. The van der Waals surface area contributed by atoms with Crippen molar-refractivity contribution in [2.45, 2.75) is 17.9 Å². The third-order valence-corrected chi connectivity index (χ3v) is 7.10. The summed E-state index contributed by atoms with van der Waals surface area (Å²) in [6.45, 7) is 2.96. The number of nitrogens with zero attached hydrogens (tertiary/aromatic N) is 4. The van der Waals surface area contributed by atoms with E-state index in [1.54, 1.807) is 36.3 Å². The Labute approximate surface area is 159 Å². The van der Waals surface area contributed by atoms with Gasteiger partial charge in [0, 0.05) is 51.7 Å². The van der Waals surface area contributed by atoms with Gasteiger partial charge in [-0.05, 0) is 35.9 Å². The lowest BCUT2D eigenvalue weighted by atomic mass is 10.2. The number of aromatic nitrogens is 1. The van der Waals surface area contributed by atoms with Crippen molar-refractivity contribution in [1.82, 2.24) is 14.2 Å². The molecule has 0 saturated carbocycles. The van der Waals surface area contributed by atoms with E-state index in [0.717, 1.165) is 23.5 Å². The van der Waals surface area contributed by atoms with E-state index in [4.69, 9.17) is 0 Å². The fraction of sp³-hybridized carbons (Fsp3) is 0.368. The molecule has 1 aromatic carbocycles. The number of amides is 1. The maximum absolute atomic E-state index is 13.0. The number of carbonyl (C=O) groups excluding carboxylic acids is 1. The summed E-state index contributed by atoms with van der Waals surface area (Å²) in [5, 5.41) is 0. The van der Waals surface area contributed by atoms with Crippen LogP contribution in [0.5, 0.6) is 0 Å². The summed E-state index contributed by atoms with van der Waals surface area (Å²) >= 11 is 0. The van der Waals surface area contributed by atoms with E-state index in [1.165, 1.54) is 4.31 Å². The summed E-state index contributed by atoms with van der Waals surface area (Å²) in [6.07, 6.45) is 2.03. The van der Waals surface area contributed by atoms with Crippen molar-refractivity contribution in [1.29, 1.82) is 0 Å². The largest absolute Gasteiger partial charge is 0.315 e. The number of pyridine rings is 1. The number of benzene rings is 1. The van der Waals surface area contributed by atoms with Crippen molar-refractivity contribution in [3.63, 3.8) is 0 Å². The fourth-order valence-electron chi connectivity index (χ4n) is 3.60. The molecule has 3 heterocycles. The van der Waals surface area contributed by atoms with E-state index >= 15 is 0 Å². The van der Waals surface area contributed by atoms with Gasteiger partial charge >= 0.3 is 0 Å². The van der Waals surface area contributed by atoms with Crippen LogP contribution in [0.3, 0.4) is 0 Å². The van der Waals surface area contributed by atoms with E-state index in [1.807, 2.05) is 18.2 Å². The van der Waals surface area contributed by atoms with Gasteiger partial charge in [0.2, 0.25) is 15.9 Å². The molecular formula is C19H22N4O3S. The molecule has 0 bridgehead atoms. The maximum Gasteiger partial charge on any atom is 0.243 e. The zero-order valence-electron chi connectivity index (χ0n) is 15.2. The first-order valence-corrected chi connectivity index (χ1v) is 10.4. The van der Waals surface area contributed by atoms with Crippen LogP contribution in [0.4, 0.5) is 5.69 Å². The minimum absolute atomic E-state index is 0.0114. The van der Waals surface area contributed by atoms with Crippen molar-refractivity contribution in [2.75, 3.05) is 38.1 Å². The minimum atomic E-state index is -3.55. The Kier molecular flexibility index (Phi) is 4.71. The van der Waals surface area contributed by atoms with E-state index in [2.05, 4.69) is 9.88 Å². The van der Waals surface area contributed by atoms with E-state index in [9.17, 15) is 13.2 Å². The Hall–Kier alpha value is -2.29. The molecule has 4 rings (SSSR count). The SMILES string of the molecule is CN1C(=O)Cc2cc(S(=O)(=O)N3CCN(Cc4ccccn4)CC3)ccc21. The van der Waals surface area contributed by atoms with Crippen LogP contribution in [0.1, 0.15) is 11.3 Å². The van der Waals surface area contributed by atoms with Gasteiger partial charge in [0.05, 0.1) is 17.0 Å². The zero-order chi connectivity index (χ0) is 19.0. The molecule has 0 unspecified atom stereocenters. The molecule has 1 fully saturated rings. The van der Waals surface area contributed by atoms with Crippen LogP contribution in [0.15, 0.2) is 47.5 Å². The highest BCUT2D eigenvalue weighted by molar-refractivity contribution is 7.89. The number of hydrogen-bond donors (Lipinski definition) is 0. The second kappa shape index (κ2) is 7.03. The lowest BCUT2D eigenvalue weighted by Gasteiger charge is -2.33. The normalized spacial score (nSPS) is 18.7. The van der Waals surface area contributed by atoms with Gasteiger partial charge in [-0.3, -0.25) is 14.7 Å². The number of fused-ring (bicyclic) bond motifs is 1. The maximum atomic E-state index is 13.0. The molecule has 1 saturated heterocycles. The number of anilines is 1. The molecule has 142 valence electrons. The Morgan fingerprint density at radius 3 is 2.56 bits per heavy atom. The van der Waals surface area contributed by atoms with Gasteiger partial charge in [-0.1, -0.05) is 6.07 Å².